The summed E-state index contributed by atoms with van der Waals surface area (Å²) in [4.78, 5) is 17.1. The predicted octanol–water partition coefficient (Wildman–Crippen LogP) is 2.21. The lowest BCUT2D eigenvalue weighted by Crippen LogP contribution is -2.12. The number of hydrogen-bond donors (Lipinski definition) is 2. The summed E-state index contributed by atoms with van der Waals surface area (Å²) in [6, 6.07) is 11.1. The Hall–Kier alpha value is -4.06. The number of hydrogen-bond acceptors (Lipinski definition) is 8. The van der Waals surface area contributed by atoms with E-state index in [0.29, 0.717) is 11.5 Å². The molecule has 4 rings (SSSR count). The summed E-state index contributed by atoms with van der Waals surface area (Å²) in [5.41, 5.74) is 8.92. The van der Waals surface area contributed by atoms with Crippen molar-refractivity contribution in [1.29, 1.82) is 5.26 Å². The Morgan fingerprint density at radius 3 is 2.81 bits per heavy atom. The number of pyridine rings is 1. The van der Waals surface area contributed by atoms with Gasteiger partial charge in [0.05, 0.1) is 17.4 Å². The van der Waals surface area contributed by atoms with Crippen molar-refractivity contribution < 1.29 is 0 Å². The normalized spacial score (nSPS) is 11.9. The Labute approximate surface area is 154 Å². The van der Waals surface area contributed by atoms with E-state index in [4.69, 9.17) is 10.7 Å². The lowest BCUT2D eigenvalue weighted by molar-refractivity contribution is 0.838. The topological polar surface area (TPSA) is 131 Å². The molecule has 0 saturated carbocycles. The van der Waals surface area contributed by atoms with Crippen LogP contribution in [0.4, 0.5) is 11.6 Å². The number of anilines is 2. The highest BCUT2D eigenvalue weighted by Crippen LogP contribution is 2.30. The molecular formula is C18H15N9. The lowest BCUT2D eigenvalue weighted by Gasteiger charge is -2.15. The molecule has 0 saturated heterocycles. The largest absolute Gasteiger partial charge is 0.382 e. The van der Waals surface area contributed by atoms with Crippen LogP contribution in [0.15, 0.2) is 49.1 Å². The molecule has 0 aliphatic carbocycles. The van der Waals surface area contributed by atoms with E-state index in [9.17, 15) is 5.26 Å². The fraction of sp³-hybridized carbons (Fsp3) is 0.111. The minimum atomic E-state index is -0.287. The molecule has 132 valence electrons. The molecule has 4 aromatic rings. The number of nitriles is 1. The number of rotatable bonds is 4. The van der Waals surface area contributed by atoms with Crippen molar-refractivity contribution in [3.8, 4) is 17.5 Å². The van der Waals surface area contributed by atoms with Gasteiger partial charge in [0.15, 0.2) is 5.65 Å². The molecular weight excluding hydrogens is 342 g/mol. The molecule has 3 N–H and O–H groups in total. The second kappa shape index (κ2) is 6.68. The lowest BCUT2D eigenvalue weighted by atomic mass is 10.1. The molecule has 0 amide bonds. The Balaban J connectivity index is 1.82. The summed E-state index contributed by atoms with van der Waals surface area (Å²) in [5.74, 6) is 0.485. The highest BCUT2D eigenvalue weighted by Gasteiger charge is 2.22. The summed E-state index contributed by atoms with van der Waals surface area (Å²) < 4.78 is 1.75. The van der Waals surface area contributed by atoms with Crippen molar-refractivity contribution in [3.63, 3.8) is 0 Å². The molecule has 0 bridgehead atoms. The Bertz CT molecular complexity index is 1140. The minimum Gasteiger partial charge on any atom is -0.382 e. The van der Waals surface area contributed by atoms with Gasteiger partial charge in [0, 0.05) is 12.4 Å². The first-order valence-corrected chi connectivity index (χ1v) is 8.21. The quantitative estimate of drug-likeness (QED) is 0.568. The molecule has 0 fully saturated rings. The molecule has 0 aromatic carbocycles. The van der Waals surface area contributed by atoms with Crippen molar-refractivity contribution in [2.24, 2.45) is 0 Å². The average molecular weight is 357 g/mol. The fourth-order valence-corrected chi connectivity index (χ4v) is 2.84. The number of fused-ring (bicyclic) bond motifs is 1. The van der Waals surface area contributed by atoms with Gasteiger partial charge >= 0.3 is 0 Å². The average Bonchev–Trinajstić information content (AvgIpc) is 3.08. The van der Waals surface area contributed by atoms with Crippen molar-refractivity contribution in [1.82, 2.24) is 29.5 Å². The summed E-state index contributed by atoms with van der Waals surface area (Å²) in [6.45, 7) is 1.92. The van der Waals surface area contributed by atoms with E-state index in [1.165, 1.54) is 6.33 Å². The fourth-order valence-electron chi connectivity index (χ4n) is 2.84. The van der Waals surface area contributed by atoms with Gasteiger partial charge in [-0.1, -0.05) is 6.07 Å². The van der Waals surface area contributed by atoms with Crippen LogP contribution in [0.2, 0.25) is 0 Å². The van der Waals surface area contributed by atoms with E-state index in [0.717, 1.165) is 17.1 Å². The van der Waals surface area contributed by atoms with E-state index in [-0.39, 0.29) is 17.4 Å². The summed E-state index contributed by atoms with van der Waals surface area (Å²) in [6.07, 6.45) is 4.73. The number of aromatic nitrogens is 6. The smallest absolute Gasteiger partial charge is 0.154 e. The van der Waals surface area contributed by atoms with Crippen LogP contribution in [-0.2, 0) is 0 Å². The maximum atomic E-state index is 9.34. The number of nitrogens with zero attached hydrogens (tertiary/aromatic N) is 7. The zero-order chi connectivity index (χ0) is 18.8. The van der Waals surface area contributed by atoms with E-state index in [1.54, 1.807) is 16.9 Å². The van der Waals surface area contributed by atoms with E-state index >= 15 is 0 Å². The number of nitrogen functional groups attached to an aromatic ring is 1. The third-order valence-electron chi connectivity index (χ3n) is 4.08. The molecule has 0 spiro atoms. The van der Waals surface area contributed by atoms with Crippen LogP contribution < -0.4 is 11.1 Å². The molecule has 27 heavy (non-hydrogen) atoms. The number of nitrogens with one attached hydrogen (secondary N) is 1. The molecule has 0 aliphatic heterocycles. The first kappa shape index (κ1) is 16.4. The van der Waals surface area contributed by atoms with Gasteiger partial charge in [-0.05, 0) is 31.2 Å². The van der Waals surface area contributed by atoms with Gasteiger partial charge in [-0.15, -0.1) is 0 Å². The molecule has 4 aromatic heterocycles. The third kappa shape index (κ3) is 2.89. The SMILES string of the molecule is C[C@H](Nc1ncnc(N)c1C#N)c1nc2cccnn2c1-c1ccccn1. The Morgan fingerprint density at radius 2 is 2.04 bits per heavy atom. The highest BCUT2D eigenvalue weighted by molar-refractivity contribution is 5.66. The second-order valence-electron chi connectivity index (χ2n) is 5.81. The molecule has 0 radical (unpaired) electrons. The maximum Gasteiger partial charge on any atom is 0.154 e. The van der Waals surface area contributed by atoms with Crippen molar-refractivity contribution in [2.45, 2.75) is 13.0 Å². The monoisotopic (exact) mass is 357 g/mol. The highest BCUT2D eigenvalue weighted by atomic mass is 15.3. The van der Waals surface area contributed by atoms with Crippen molar-refractivity contribution in [3.05, 3.63) is 60.3 Å². The van der Waals surface area contributed by atoms with Crippen LogP contribution in [0.3, 0.4) is 0 Å². The van der Waals surface area contributed by atoms with Gasteiger partial charge < -0.3 is 11.1 Å². The van der Waals surface area contributed by atoms with Crippen LogP contribution in [-0.4, -0.2) is 29.5 Å². The first-order valence-electron chi connectivity index (χ1n) is 8.21. The third-order valence-corrected chi connectivity index (χ3v) is 4.08. The minimum absolute atomic E-state index is 0.129. The van der Waals surface area contributed by atoms with Gasteiger partial charge in [-0.25, -0.2) is 19.5 Å². The molecule has 4 heterocycles. The standard InChI is InChI=1S/C18H15N9/c1-11(25-18-12(9-19)17(20)22-10-23-18)15-16(13-5-2-3-7-21-13)27-14(26-15)6-4-8-24-27/h2-8,10-11H,1H3,(H3,20,22,23,25)/t11-/m0/s1. The Kier molecular flexibility index (Phi) is 4.06. The van der Waals surface area contributed by atoms with Crippen LogP contribution in [0.1, 0.15) is 24.2 Å². The number of imidazole rings is 1. The summed E-state index contributed by atoms with van der Waals surface area (Å²) >= 11 is 0. The van der Waals surface area contributed by atoms with Crippen molar-refractivity contribution in [2.75, 3.05) is 11.1 Å². The summed E-state index contributed by atoms with van der Waals surface area (Å²) in [7, 11) is 0. The Morgan fingerprint density at radius 1 is 1.15 bits per heavy atom. The van der Waals surface area contributed by atoms with E-state index in [1.807, 2.05) is 43.3 Å². The van der Waals surface area contributed by atoms with Crippen LogP contribution in [0, 0.1) is 11.3 Å². The van der Waals surface area contributed by atoms with Gasteiger partial charge in [-0.3, -0.25) is 4.98 Å². The molecule has 0 aliphatic rings. The zero-order valence-corrected chi connectivity index (χ0v) is 14.4. The predicted molar refractivity (Wildman–Crippen MR) is 99.4 cm³/mol. The van der Waals surface area contributed by atoms with Gasteiger partial charge in [0.25, 0.3) is 0 Å². The van der Waals surface area contributed by atoms with Crippen LogP contribution in [0.25, 0.3) is 17.0 Å². The number of nitrogens with two attached hydrogens (primary N) is 1. The first-order chi connectivity index (χ1) is 13.2. The van der Waals surface area contributed by atoms with Gasteiger partial charge in [0.2, 0.25) is 0 Å². The van der Waals surface area contributed by atoms with Gasteiger partial charge in [0.1, 0.15) is 35.3 Å². The molecule has 9 nitrogen and oxygen atoms in total. The van der Waals surface area contributed by atoms with Crippen LogP contribution >= 0.6 is 0 Å². The zero-order valence-electron chi connectivity index (χ0n) is 14.4. The van der Waals surface area contributed by atoms with E-state index < -0.39 is 0 Å². The van der Waals surface area contributed by atoms with Crippen LogP contribution in [0.5, 0.6) is 0 Å². The molecule has 0 unspecified atom stereocenters. The summed E-state index contributed by atoms with van der Waals surface area (Å²) in [5, 5.41) is 16.9. The molecule has 9 heteroatoms. The van der Waals surface area contributed by atoms with E-state index in [2.05, 4.69) is 25.4 Å². The molecule has 1 atom stereocenters. The maximum absolute atomic E-state index is 9.34. The second-order valence-corrected chi connectivity index (χ2v) is 5.81. The van der Waals surface area contributed by atoms with Crippen molar-refractivity contribution >= 4 is 17.3 Å². The van der Waals surface area contributed by atoms with Gasteiger partial charge in [-0.2, -0.15) is 10.4 Å².